The lowest BCUT2D eigenvalue weighted by Gasteiger charge is -2.37. The fraction of sp³-hybridized carbons (Fsp3) is 0.457. The Morgan fingerprint density at radius 3 is 2.25 bits per heavy atom. The Balaban J connectivity index is 1.51. The SMILES string of the molecule is C=CCN(C(=O)C1N(CCCCCCO)C(=O)[C@@H]2[C@@H](C(=O)N(CC=C)c3ccccc3)[C@H]3CCC12O3)c1ccc(OC)cc1. The van der Waals surface area contributed by atoms with Crippen molar-refractivity contribution in [2.24, 2.45) is 11.8 Å². The molecule has 5 atom stereocenters. The predicted octanol–water partition coefficient (Wildman–Crippen LogP) is 4.36. The largest absolute Gasteiger partial charge is 0.497 e. The zero-order chi connectivity index (χ0) is 31.3. The number of hydrogen-bond donors (Lipinski definition) is 1. The number of para-hydroxylation sites is 1. The minimum atomic E-state index is -1.10. The third-order valence-corrected chi connectivity index (χ3v) is 9.23. The molecule has 5 rings (SSSR count). The summed E-state index contributed by atoms with van der Waals surface area (Å²) in [6.07, 6.45) is 7.01. The first kappa shape index (κ1) is 31.5. The number of aliphatic hydroxyl groups is 1. The summed E-state index contributed by atoms with van der Waals surface area (Å²) in [4.78, 5) is 48.4. The van der Waals surface area contributed by atoms with E-state index >= 15 is 0 Å². The molecule has 3 amide bonds. The molecule has 0 aliphatic carbocycles. The second kappa shape index (κ2) is 13.8. The van der Waals surface area contributed by atoms with Crippen LogP contribution >= 0.6 is 0 Å². The molecule has 9 nitrogen and oxygen atoms in total. The van der Waals surface area contributed by atoms with Gasteiger partial charge in [-0.05, 0) is 62.1 Å². The first-order valence-electron chi connectivity index (χ1n) is 15.5. The monoisotopic (exact) mass is 601 g/mol. The molecule has 3 aliphatic heterocycles. The zero-order valence-electron chi connectivity index (χ0n) is 25.5. The summed E-state index contributed by atoms with van der Waals surface area (Å²) in [7, 11) is 1.59. The normalized spacial score (nSPS) is 25.0. The van der Waals surface area contributed by atoms with E-state index in [4.69, 9.17) is 9.47 Å². The summed E-state index contributed by atoms with van der Waals surface area (Å²) in [5.74, 6) is -1.44. The second-order valence-electron chi connectivity index (χ2n) is 11.7. The molecule has 9 heteroatoms. The molecule has 0 aromatic heterocycles. The van der Waals surface area contributed by atoms with E-state index in [0.717, 1.165) is 18.5 Å². The lowest BCUT2D eigenvalue weighted by atomic mass is 9.70. The summed E-state index contributed by atoms with van der Waals surface area (Å²) in [5.41, 5.74) is 0.282. The molecule has 2 aromatic carbocycles. The summed E-state index contributed by atoms with van der Waals surface area (Å²) in [6.45, 7) is 8.77. The molecule has 3 heterocycles. The smallest absolute Gasteiger partial charge is 0.253 e. The molecule has 44 heavy (non-hydrogen) atoms. The van der Waals surface area contributed by atoms with Crippen LogP contribution in [0.25, 0.3) is 0 Å². The summed E-state index contributed by atoms with van der Waals surface area (Å²) < 4.78 is 12.0. The number of fused-ring (bicyclic) bond motifs is 1. The molecule has 3 fully saturated rings. The minimum Gasteiger partial charge on any atom is -0.497 e. The van der Waals surface area contributed by atoms with Gasteiger partial charge in [-0.2, -0.15) is 0 Å². The molecule has 1 spiro atoms. The van der Waals surface area contributed by atoms with Crippen molar-refractivity contribution in [1.82, 2.24) is 4.90 Å². The zero-order valence-corrected chi connectivity index (χ0v) is 25.5. The first-order valence-corrected chi connectivity index (χ1v) is 15.5. The van der Waals surface area contributed by atoms with Crippen molar-refractivity contribution in [3.8, 4) is 5.75 Å². The van der Waals surface area contributed by atoms with E-state index in [0.29, 0.717) is 50.2 Å². The number of carbonyl (C=O) groups is 3. The lowest BCUT2D eigenvalue weighted by Crippen LogP contribution is -2.56. The van der Waals surface area contributed by atoms with Crippen LogP contribution in [0.1, 0.15) is 38.5 Å². The van der Waals surface area contributed by atoms with Gasteiger partial charge in [-0.25, -0.2) is 0 Å². The van der Waals surface area contributed by atoms with Gasteiger partial charge in [0.25, 0.3) is 5.91 Å². The van der Waals surface area contributed by atoms with Crippen LogP contribution in [-0.2, 0) is 19.1 Å². The van der Waals surface area contributed by atoms with Crippen LogP contribution < -0.4 is 14.5 Å². The van der Waals surface area contributed by atoms with E-state index in [2.05, 4.69) is 13.2 Å². The van der Waals surface area contributed by atoms with Crippen LogP contribution in [0.5, 0.6) is 5.75 Å². The van der Waals surface area contributed by atoms with Crippen LogP contribution in [0, 0.1) is 11.8 Å². The molecule has 2 bridgehead atoms. The average Bonchev–Trinajstić information content (AvgIpc) is 3.69. The van der Waals surface area contributed by atoms with E-state index < -0.39 is 29.6 Å². The quantitative estimate of drug-likeness (QED) is 0.241. The Morgan fingerprint density at radius 1 is 0.977 bits per heavy atom. The van der Waals surface area contributed by atoms with Crippen LogP contribution in [-0.4, -0.2) is 78.8 Å². The van der Waals surface area contributed by atoms with Crippen molar-refractivity contribution in [2.45, 2.75) is 56.3 Å². The van der Waals surface area contributed by atoms with Crippen LogP contribution in [0.3, 0.4) is 0 Å². The third kappa shape index (κ3) is 5.66. The fourth-order valence-corrected chi connectivity index (χ4v) is 7.30. The maximum Gasteiger partial charge on any atom is 0.253 e. The molecule has 0 saturated carbocycles. The van der Waals surface area contributed by atoms with E-state index in [1.807, 2.05) is 42.5 Å². The van der Waals surface area contributed by atoms with E-state index in [9.17, 15) is 19.5 Å². The van der Waals surface area contributed by atoms with Gasteiger partial charge in [-0.15, -0.1) is 13.2 Å². The van der Waals surface area contributed by atoms with Gasteiger partial charge in [0.2, 0.25) is 11.8 Å². The summed E-state index contributed by atoms with van der Waals surface area (Å²) >= 11 is 0. The van der Waals surface area contributed by atoms with Gasteiger partial charge in [0.1, 0.15) is 17.4 Å². The number of rotatable bonds is 15. The van der Waals surface area contributed by atoms with E-state index in [-0.39, 0.29) is 30.9 Å². The van der Waals surface area contributed by atoms with Crippen molar-refractivity contribution in [3.63, 3.8) is 0 Å². The number of amides is 3. The minimum absolute atomic E-state index is 0.120. The van der Waals surface area contributed by atoms with Gasteiger partial charge in [-0.1, -0.05) is 43.2 Å². The number of ether oxygens (including phenoxy) is 2. The van der Waals surface area contributed by atoms with Crippen LogP contribution in [0.2, 0.25) is 0 Å². The molecule has 1 N–H and O–H groups in total. The van der Waals surface area contributed by atoms with Crippen molar-refractivity contribution in [1.29, 1.82) is 0 Å². The van der Waals surface area contributed by atoms with Crippen molar-refractivity contribution in [2.75, 3.05) is 43.2 Å². The molecular weight excluding hydrogens is 558 g/mol. The Kier molecular flexibility index (Phi) is 9.86. The van der Waals surface area contributed by atoms with E-state index in [1.54, 1.807) is 46.1 Å². The molecular formula is C35H43N3O6. The Morgan fingerprint density at radius 2 is 1.61 bits per heavy atom. The molecule has 2 aromatic rings. The second-order valence-corrected chi connectivity index (χ2v) is 11.7. The lowest BCUT2D eigenvalue weighted by molar-refractivity contribution is -0.140. The highest BCUT2D eigenvalue weighted by Gasteiger charge is 2.74. The highest BCUT2D eigenvalue weighted by molar-refractivity contribution is 6.06. The number of anilines is 2. The van der Waals surface area contributed by atoms with Crippen molar-refractivity contribution >= 4 is 29.1 Å². The number of carbonyl (C=O) groups excluding carboxylic acids is 3. The number of unbranched alkanes of at least 4 members (excludes halogenated alkanes) is 3. The standard InChI is InChI=1S/C35H43N3O6/c1-4-21-36(25-13-9-8-10-14-25)32(40)29-28-19-20-35(44-28)30(29)33(41)38(23-11-6-7-12-24-39)31(35)34(42)37(22-5-2)26-15-17-27(43-3)18-16-26/h4-5,8-10,13-18,28-31,39H,1-2,6-7,11-12,19-24H2,3H3/t28-,29+,30+,31?,35?/m1/s1. The van der Waals surface area contributed by atoms with Crippen molar-refractivity contribution < 1.29 is 29.0 Å². The van der Waals surface area contributed by atoms with E-state index in [1.165, 1.54) is 0 Å². The third-order valence-electron chi connectivity index (χ3n) is 9.23. The van der Waals surface area contributed by atoms with Crippen molar-refractivity contribution in [3.05, 3.63) is 79.9 Å². The summed E-state index contributed by atoms with van der Waals surface area (Å²) in [5, 5.41) is 9.22. The van der Waals surface area contributed by atoms with Crippen LogP contribution in [0.4, 0.5) is 11.4 Å². The van der Waals surface area contributed by atoms with Gasteiger partial charge in [0, 0.05) is 37.6 Å². The van der Waals surface area contributed by atoms with Crippen LogP contribution in [0.15, 0.2) is 79.9 Å². The highest BCUT2D eigenvalue weighted by Crippen LogP contribution is 2.59. The molecule has 2 unspecified atom stereocenters. The molecule has 0 radical (unpaired) electrons. The number of benzene rings is 2. The van der Waals surface area contributed by atoms with Gasteiger partial charge in [0.15, 0.2) is 0 Å². The predicted molar refractivity (Wildman–Crippen MR) is 169 cm³/mol. The maximum atomic E-state index is 14.7. The van der Waals surface area contributed by atoms with Gasteiger partial charge in [0.05, 0.1) is 25.0 Å². The maximum absolute atomic E-state index is 14.7. The summed E-state index contributed by atoms with van der Waals surface area (Å²) in [6, 6.07) is 15.7. The molecule has 234 valence electrons. The van der Waals surface area contributed by atoms with Gasteiger partial charge in [-0.3, -0.25) is 14.4 Å². The number of aliphatic hydroxyl groups excluding tert-OH is 1. The van der Waals surface area contributed by atoms with Gasteiger partial charge >= 0.3 is 0 Å². The Hall–Kier alpha value is -3.95. The first-order chi connectivity index (χ1) is 21.4. The number of methoxy groups -OCH3 is 1. The Labute approximate surface area is 259 Å². The topological polar surface area (TPSA) is 99.6 Å². The number of hydrogen-bond acceptors (Lipinski definition) is 6. The Bertz CT molecular complexity index is 1350. The molecule has 3 aliphatic rings. The number of likely N-dealkylation sites (tertiary alicyclic amines) is 1. The fourth-order valence-electron chi connectivity index (χ4n) is 7.30. The average molecular weight is 602 g/mol. The van der Waals surface area contributed by atoms with Gasteiger partial charge < -0.3 is 29.3 Å². The number of nitrogens with zero attached hydrogens (tertiary/aromatic N) is 3. The highest BCUT2D eigenvalue weighted by atomic mass is 16.5. The molecule has 3 saturated heterocycles.